The monoisotopic (exact) mass is 283 g/mol. The fraction of sp³-hybridized carbons (Fsp3) is 0.182. The van der Waals surface area contributed by atoms with Crippen LogP contribution in [0, 0.1) is 5.41 Å². The molecule has 0 spiro atoms. The molecule has 7 heteroatoms. The number of thiocarbonyl (C=S) groups is 1. The molecule has 18 heavy (non-hydrogen) atoms. The summed E-state index contributed by atoms with van der Waals surface area (Å²) in [5.41, 5.74) is 6.10. The van der Waals surface area contributed by atoms with E-state index in [2.05, 4.69) is 16.9 Å². The minimum atomic E-state index is -0.168. The van der Waals surface area contributed by atoms with Crippen molar-refractivity contribution < 1.29 is 0 Å². The van der Waals surface area contributed by atoms with Crippen LogP contribution in [0.5, 0.6) is 0 Å². The van der Waals surface area contributed by atoms with Crippen molar-refractivity contribution in [1.29, 1.82) is 5.41 Å². The Bertz CT molecular complexity index is 463. The van der Waals surface area contributed by atoms with Crippen LogP contribution in [0.1, 0.15) is 5.69 Å². The smallest absolute Gasteiger partial charge is 0.195 e. The molecule has 0 atom stereocenters. The summed E-state index contributed by atoms with van der Waals surface area (Å²) in [4.78, 5) is 5.54. The molecule has 0 radical (unpaired) electrons. The first-order valence-corrected chi connectivity index (χ1v) is 5.94. The van der Waals surface area contributed by atoms with Crippen molar-refractivity contribution in [2.45, 2.75) is 6.54 Å². The number of nitrogens with two attached hydrogens (primary N) is 1. The first kappa shape index (κ1) is 14.4. The van der Waals surface area contributed by atoms with Crippen molar-refractivity contribution in [2.24, 2.45) is 5.73 Å². The highest BCUT2D eigenvalue weighted by Crippen LogP contribution is 2.14. The van der Waals surface area contributed by atoms with Crippen molar-refractivity contribution in [3.8, 4) is 0 Å². The number of halogens is 1. The third kappa shape index (κ3) is 3.97. The number of guanidine groups is 1. The van der Waals surface area contributed by atoms with E-state index in [1.807, 2.05) is 0 Å². The fourth-order valence-corrected chi connectivity index (χ4v) is 1.63. The maximum absolute atomic E-state index is 7.52. The van der Waals surface area contributed by atoms with E-state index in [0.29, 0.717) is 22.4 Å². The topological polar surface area (TPSA) is 78.0 Å². The predicted octanol–water partition coefficient (Wildman–Crippen LogP) is 1.49. The number of rotatable bonds is 4. The molecule has 4 N–H and O–H groups in total. The molecule has 1 heterocycles. The number of aromatic nitrogens is 1. The van der Waals surface area contributed by atoms with Crippen LogP contribution >= 0.6 is 23.8 Å². The molecule has 0 aliphatic rings. The van der Waals surface area contributed by atoms with E-state index in [1.165, 1.54) is 4.90 Å². The van der Waals surface area contributed by atoms with Gasteiger partial charge in [0.2, 0.25) is 0 Å². The van der Waals surface area contributed by atoms with Gasteiger partial charge in [-0.05, 0) is 24.4 Å². The number of hydrogen-bond donors (Lipinski definition) is 3. The summed E-state index contributed by atoms with van der Waals surface area (Å²) in [5.74, 6) is -0.168. The Morgan fingerprint density at radius 3 is 3.00 bits per heavy atom. The second kappa shape index (κ2) is 6.93. The molecule has 1 rings (SSSR count). The molecule has 0 fully saturated rings. The van der Waals surface area contributed by atoms with E-state index in [9.17, 15) is 0 Å². The molecule has 96 valence electrons. The average molecular weight is 284 g/mol. The lowest BCUT2D eigenvalue weighted by molar-refractivity contribution is 0.570. The average Bonchev–Trinajstić information content (AvgIpc) is 2.34. The van der Waals surface area contributed by atoms with Gasteiger partial charge in [-0.3, -0.25) is 15.3 Å². The lowest BCUT2D eigenvalue weighted by Crippen LogP contribution is -2.46. The Labute approximate surface area is 116 Å². The van der Waals surface area contributed by atoms with Gasteiger partial charge in [0.15, 0.2) is 11.1 Å². The molecular formula is C11H14ClN5S. The molecule has 1 aromatic heterocycles. The van der Waals surface area contributed by atoms with E-state index in [-0.39, 0.29) is 12.5 Å². The SMILES string of the molecule is C=CCNC(=S)N(Cc1ncccc1Cl)C(=N)N. The van der Waals surface area contributed by atoms with Crippen molar-refractivity contribution in [1.82, 2.24) is 15.2 Å². The summed E-state index contributed by atoms with van der Waals surface area (Å²) < 4.78 is 0. The normalized spacial score (nSPS) is 9.61. The molecule has 0 saturated heterocycles. The van der Waals surface area contributed by atoms with Crippen LogP contribution in [-0.2, 0) is 6.54 Å². The van der Waals surface area contributed by atoms with Gasteiger partial charge in [0.05, 0.1) is 17.3 Å². The van der Waals surface area contributed by atoms with Crippen molar-refractivity contribution in [3.05, 3.63) is 41.7 Å². The second-order valence-corrected chi connectivity index (χ2v) is 4.17. The highest BCUT2D eigenvalue weighted by Gasteiger charge is 2.14. The fourth-order valence-electron chi connectivity index (χ4n) is 1.21. The molecule has 5 nitrogen and oxygen atoms in total. The van der Waals surface area contributed by atoms with Crippen LogP contribution in [0.4, 0.5) is 0 Å². The molecule has 0 aromatic carbocycles. The molecule has 0 aliphatic heterocycles. The van der Waals surface area contributed by atoms with E-state index < -0.39 is 0 Å². The maximum Gasteiger partial charge on any atom is 0.195 e. The standard InChI is InChI=1S/C11H14ClN5S/c1-2-5-16-11(18)17(10(13)14)7-9-8(12)4-3-6-15-9/h2-4,6H,1,5,7H2,(H3,13,14)(H,16,18). The quantitative estimate of drug-likeness (QED) is 0.338. The van der Waals surface area contributed by atoms with Gasteiger partial charge < -0.3 is 11.1 Å². The van der Waals surface area contributed by atoms with Crippen LogP contribution in [-0.4, -0.2) is 27.5 Å². The van der Waals surface area contributed by atoms with Gasteiger partial charge in [-0.1, -0.05) is 17.7 Å². The predicted molar refractivity (Wildman–Crippen MR) is 77.5 cm³/mol. The van der Waals surface area contributed by atoms with Gasteiger partial charge in [0.25, 0.3) is 0 Å². The number of hydrogen-bond acceptors (Lipinski definition) is 3. The molecule has 0 aliphatic carbocycles. The lowest BCUT2D eigenvalue weighted by Gasteiger charge is -2.23. The van der Waals surface area contributed by atoms with E-state index >= 15 is 0 Å². The second-order valence-electron chi connectivity index (χ2n) is 3.38. The summed E-state index contributed by atoms with van der Waals surface area (Å²) in [6, 6.07) is 3.46. The minimum absolute atomic E-state index is 0.168. The van der Waals surface area contributed by atoms with Crippen LogP contribution in [0.15, 0.2) is 31.0 Å². The van der Waals surface area contributed by atoms with Crippen molar-refractivity contribution >= 4 is 34.9 Å². The number of pyridine rings is 1. The van der Waals surface area contributed by atoms with E-state index in [4.69, 9.17) is 35.0 Å². The van der Waals surface area contributed by atoms with E-state index in [0.717, 1.165) is 0 Å². The first-order valence-electron chi connectivity index (χ1n) is 5.16. The summed E-state index contributed by atoms with van der Waals surface area (Å²) in [7, 11) is 0. The van der Waals surface area contributed by atoms with Gasteiger partial charge in [0, 0.05) is 12.7 Å². The van der Waals surface area contributed by atoms with Gasteiger partial charge >= 0.3 is 0 Å². The van der Waals surface area contributed by atoms with Gasteiger partial charge in [-0.15, -0.1) is 6.58 Å². The van der Waals surface area contributed by atoms with Crippen molar-refractivity contribution in [3.63, 3.8) is 0 Å². The van der Waals surface area contributed by atoms with Crippen molar-refractivity contribution in [2.75, 3.05) is 6.54 Å². The Morgan fingerprint density at radius 1 is 1.72 bits per heavy atom. The Morgan fingerprint density at radius 2 is 2.44 bits per heavy atom. The number of nitrogens with one attached hydrogen (secondary N) is 2. The summed E-state index contributed by atoms with van der Waals surface area (Å²) in [6.07, 6.45) is 3.29. The molecule has 0 saturated carbocycles. The van der Waals surface area contributed by atoms with Crippen LogP contribution in [0.2, 0.25) is 5.02 Å². The Kier molecular flexibility index (Phi) is 5.54. The molecule has 1 aromatic rings. The highest BCUT2D eigenvalue weighted by atomic mass is 35.5. The largest absolute Gasteiger partial charge is 0.370 e. The lowest BCUT2D eigenvalue weighted by atomic mass is 10.3. The highest BCUT2D eigenvalue weighted by molar-refractivity contribution is 7.80. The molecule has 0 unspecified atom stereocenters. The third-order valence-electron chi connectivity index (χ3n) is 2.08. The summed E-state index contributed by atoms with van der Waals surface area (Å²) >= 11 is 11.1. The zero-order valence-electron chi connectivity index (χ0n) is 9.69. The summed E-state index contributed by atoms with van der Waals surface area (Å²) in [6.45, 7) is 4.32. The number of nitrogens with zero attached hydrogens (tertiary/aromatic N) is 2. The molecular weight excluding hydrogens is 270 g/mol. The van der Waals surface area contributed by atoms with Crippen LogP contribution in [0.3, 0.4) is 0 Å². The third-order valence-corrected chi connectivity index (χ3v) is 2.78. The molecule has 0 bridgehead atoms. The Balaban J connectivity index is 2.81. The molecule has 0 amide bonds. The zero-order valence-corrected chi connectivity index (χ0v) is 11.3. The summed E-state index contributed by atoms with van der Waals surface area (Å²) in [5, 5.41) is 11.3. The van der Waals surface area contributed by atoms with Gasteiger partial charge in [-0.2, -0.15) is 0 Å². The maximum atomic E-state index is 7.52. The minimum Gasteiger partial charge on any atom is -0.370 e. The Hall–Kier alpha value is -1.66. The van der Waals surface area contributed by atoms with Crippen LogP contribution in [0.25, 0.3) is 0 Å². The zero-order chi connectivity index (χ0) is 13.5. The van der Waals surface area contributed by atoms with Gasteiger partial charge in [0.1, 0.15) is 0 Å². The first-order chi connectivity index (χ1) is 8.56. The van der Waals surface area contributed by atoms with Crippen LogP contribution < -0.4 is 11.1 Å². The van der Waals surface area contributed by atoms with Gasteiger partial charge in [-0.25, -0.2) is 0 Å². The van der Waals surface area contributed by atoms with E-state index in [1.54, 1.807) is 24.4 Å².